The van der Waals surface area contributed by atoms with Crippen molar-refractivity contribution in [1.82, 2.24) is 4.98 Å². The van der Waals surface area contributed by atoms with Gasteiger partial charge in [-0.2, -0.15) is 0 Å². The number of amides is 1. The van der Waals surface area contributed by atoms with E-state index in [0.717, 1.165) is 25.7 Å². The van der Waals surface area contributed by atoms with Gasteiger partial charge in [0.25, 0.3) is 0 Å². The zero-order valence-electron chi connectivity index (χ0n) is 12.1. The highest BCUT2D eigenvalue weighted by Gasteiger charge is 2.12. The van der Waals surface area contributed by atoms with E-state index in [4.69, 9.17) is 5.73 Å². The van der Waals surface area contributed by atoms with Gasteiger partial charge in [-0.05, 0) is 25.3 Å². The zero-order valence-corrected chi connectivity index (χ0v) is 13.0. The predicted molar refractivity (Wildman–Crippen MR) is 82.1 cm³/mol. The molecule has 1 unspecified atom stereocenters. The van der Waals surface area contributed by atoms with Gasteiger partial charge in [-0.3, -0.25) is 9.59 Å². The van der Waals surface area contributed by atoms with Gasteiger partial charge >= 0.3 is 0 Å². The van der Waals surface area contributed by atoms with Crippen LogP contribution < -0.4 is 11.1 Å². The first-order valence-corrected chi connectivity index (χ1v) is 7.91. The van der Waals surface area contributed by atoms with Crippen molar-refractivity contribution in [1.29, 1.82) is 0 Å². The Morgan fingerprint density at radius 3 is 2.70 bits per heavy atom. The van der Waals surface area contributed by atoms with E-state index >= 15 is 0 Å². The number of nitrogens with zero attached hydrogens (tertiary/aromatic N) is 1. The van der Waals surface area contributed by atoms with Crippen molar-refractivity contribution < 1.29 is 9.59 Å². The molecule has 1 aromatic heterocycles. The predicted octanol–water partition coefficient (Wildman–Crippen LogP) is 2.83. The molecule has 20 heavy (non-hydrogen) atoms. The van der Waals surface area contributed by atoms with E-state index in [1.165, 1.54) is 18.3 Å². The molecule has 1 aromatic rings. The number of nitrogens with two attached hydrogens (primary N) is 1. The Morgan fingerprint density at radius 1 is 1.40 bits per heavy atom. The third-order valence-corrected chi connectivity index (χ3v) is 3.92. The first-order chi connectivity index (χ1) is 9.56. The minimum absolute atomic E-state index is 0.0485. The second-order valence-electron chi connectivity index (χ2n) is 4.91. The Hall–Kier alpha value is -1.27. The molecule has 1 heterocycles. The van der Waals surface area contributed by atoms with Crippen LogP contribution in [-0.4, -0.2) is 23.2 Å². The van der Waals surface area contributed by atoms with Crippen LogP contribution in [0.3, 0.4) is 0 Å². The molecule has 0 fully saturated rings. The number of thiazole rings is 1. The Morgan fingerprint density at radius 2 is 2.15 bits per heavy atom. The number of Topliss-reactive ketones (excluding diaryl/α,β-unsaturated/α-hetero) is 1. The molecule has 112 valence electrons. The highest BCUT2D eigenvalue weighted by molar-refractivity contribution is 7.14. The highest BCUT2D eigenvalue weighted by atomic mass is 32.1. The Bertz CT molecular complexity index is 439. The van der Waals surface area contributed by atoms with Crippen molar-refractivity contribution in [2.75, 3.05) is 11.9 Å². The Kier molecular flexibility index (Phi) is 7.40. The summed E-state index contributed by atoms with van der Waals surface area (Å²) in [6.07, 6.45) is 4.51. The second-order valence-corrected chi connectivity index (χ2v) is 5.77. The Labute approximate surface area is 124 Å². The third kappa shape index (κ3) is 5.79. The summed E-state index contributed by atoms with van der Waals surface area (Å²) in [6, 6.07) is 0. The van der Waals surface area contributed by atoms with Crippen LogP contribution in [0.5, 0.6) is 0 Å². The lowest BCUT2D eigenvalue weighted by Gasteiger charge is -2.14. The molecule has 0 saturated heterocycles. The largest absolute Gasteiger partial charge is 0.330 e. The van der Waals surface area contributed by atoms with Crippen molar-refractivity contribution in [3.05, 3.63) is 11.1 Å². The van der Waals surface area contributed by atoms with E-state index < -0.39 is 0 Å². The average molecular weight is 297 g/mol. The van der Waals surface area contributed by atoms with Gasteiger partial charge in [-0.25, -0.2) is 4.98 Å². The summed E-state index contributed by atoms with van der Waals surface area (Å²) in [5.41, 5.74) is 5.98. The van der Waals surface area contributed by atoms with Crippen LogP contribution in [0.1, 0.15) is 56.4 Å². The number of carbonyl (C=O) groups excluding carboxylic acids is 2. The summed E-state index contributed by atoms with van der Waals surface area (Å²) in [4.78, 5) is 27.0. The molecule has 1 amide bonds. The fourth-order valence-electron chi connectivity index (χ4n) is 2.09. The molecule has 0 aliphatic carbocycles. The van der Waals surface area contributed by atoms with Crippen molar-refractivity contribution in [3.63, 3.8) is 0 Å². The van der Waals surface area contributed by atoms with Gasteiger partial charge in [0.05, 0.1) is 0 Å². The molecule has 0 aliphatic rings. The van der Waals surface area contributed by atoms with Gasteiger partial charge in [0.2, 0.25) is 5.91 Å². The van der Waals surface area contributed by atoms with Crippen LogP contribution in [0.25, 0.3) is 0 Å². The van der Waals surface area contributed by atoms with E-state index in [9.17, 15) is 9.59 Å². The number of carbonyl (C=O) groups is 2. The fraction of sp³-hybridized carbons (Fsp3) is 0.643. The van der Waals surface area contributed by atoms with E-state index in [2.05, 4.69) is 17.2 Å². The van der Waals surface area contributed by atoms with Crippen molar-refractivity contribution in [3.8, 4) is 0 Å². The minimum Gasteiger partial charge on any atom is -0.330 e. The summed E-state index contributed by atoms with van der Waals surface area (Å²) >= 11 is 1.28. The first kappa shape index (κ1) is 16.8. The normalized spacial score (nSPS) is 12.2. The lowest BCUT2D eigenvalue weighted by atomic mass is 9.94. The number of ketones is 1. The summed E-state index contributed by atoms with van der Waals surface area (Å²) in [6.45, 7) is 4.27. The smallest absolute Gasteiger partial charge is 0.226 e. The quantitative estimate of drug-likeness (QED) is 0.686. The highest BCUT2D eigenvalue weighted by Crippen LogP contribution is 2.19. The maximum Gasteiger partial charge on any atom is 0.226 e. The first-order valence-electron chi connectivity index (χ1n) is 7.03. The summed E-state index contributed by atoms with van der Waals surface area (Å²) in [5, 5.41) is 4.89. The molecule has 0 saturated carbocycles. The molecular weight excluding hydrogens is 274 g/mol. The van der Waals surface area contributed by atoms with E-state index in [0.29, 0.717) is 29.7 Å². The van der Waals surface area contributed by atoms with Gasteiger partial charge < -0.3 is 11.1 Å². The minimum atomic E-state index is -0.0901. The topological polar surface area (TPSA) is 85.1 Å². The number of hydrogen-bond acceptors (Lipinski definition) is 5. The number of anilines is 1. The van der Waals surface area contributed by atoms with E-state index in [-0.39, 0.29) is 11.7 Å². The molecule has 1 rings (SSSR count). The van der Waals surface area contributed by atoms with Crippen LogP contribution in [0.15, 0.2) is 5.38 Å². The van der Waals surface area contributed by atoms with Gasteiger partial charge in [0, 0.05) is 18.7 Å². The van der Waals surface area contributed by atoms with Crippen LogP contribution in [0, 0.1) is 5.92 Å². The lowest BCUT2D eigenvalue weighted by molar-refractivity contribution is -0.116. The van der Waals surface area contributed by atoms with E-state index in [1.54, 1.807) is 5.38 Å². The second kappa shape index (κ2) is 8.81. The molecule has 1 atom stereocenters. The standard InChI is InChI=1S/C14H23N3O2S/c1-3-4-11(7-8-15)5-6-13(19)17-14-16-12(9-20-14)10(2)18/h9,11H,3-8,15H2,1-2H3,(H,16,17,19). The molecule has 0 radical (unpaired) electrons. The molecule has 0 aliphatic heterocycles. The van der Waals surface area contributed by atoms with E-state index in [1.807, 2.05) is 0 Å². The number of aromatic nitrogens is 1. The number of rotatable bonds is 9. The molecule has 0 aromatic carbocycles. The van der Waals surface area contributed by atoms with Gasteiger partial charge in [-0.15, -0.1) is 11.3 Å². The van der Waals surface area contributed by atoms with Crippen LogP contribution in [0.4, 0.5) is 5.13 Å². The SMILES string of the molecule is CCCC(CCN)CCC(=O)Nc1nc(C(C)=O)cs1. The van der Waals surface area contributed by atoms with Crippen molar-refractivity contribution in [2.24, 2.45) is 11.7 Å². The lowest BCUT2D eigenvalue weighted by Crippen LogP contribution is -2.15. The maximum atomic E-state index is 11.8. The molecular formula is C14H23N3O2S. The number of nitrogens with one attached hydrogen (secondary N) is 1. The third-order valence-electron chi connectivity index (χ3n) is 3.16. The Balaban J connectivity index is 2.40. The van der Waals surface area contributed by atoms with Gasteiger partial charge in [0.15, 0.2) is 10.9 Å². The summed E-state index contributed by atoms with van der Waals surface area (Å²) < 4.78 is 0. The maximum absolute atomic E-state index is 11.8. The zero-order chi connectivity index (χ0) is 15.0. The fourth-order valence-corrected chi connectivity index (χ4v) is 2.85. The van der Waals surface area contributed by atoms with Crippen LogP contribution >= 0.6 is 11.3 Å². The van der Waals surface area contributed by atoms with Gasteiger partial charge in [0.1, 0.15) is 5.69 Å². The molecule has 5 nitrogen and oxygen atoms in total. The van der Waals surface area contributed by atoms with Crippen molar-refractivity contribution in [2.45, 2.75) is 46.0 Å². The van der Waals surface area contributed by atoms with Crippen LogP contribution in [0.2, 0.25) is 0 Å². The van der Waals surface area contributed by atoms with Crippen LogP contribution in [-0.2, 0) is 4.79 Å². The monoisotopic (exact) mass is 297 g/mol. The van der Waals surface area contributed by atoms with Crippen molar-refractivity contribution >= 4 is 28.2 Å². The molecule has 6 heteroatoms. The summed E-state index contributed by atoms with van der Waals surface area (Å²) in [5.74, 6) is 0.375. The average Bonchev–Trinajstić information content (AvgIpc) is 2.85. The van der Waals surface area contributed by atoms with Gasteiger partial charge in [-0.1, -0.05) is 19.8 Å². The summed E-state index contributed by atoms with van der Waals surface area (Å²) in [7, 11) is 0. The number of hydrogen-bond donors (Lipinski definition) is 2. The molecule has 0 spiro atoms. The molecule has 0 bridgehead atoms. The molecule has 3 N–H and O–H groups in total.